The fourth-order valence-electron chi connectivity index (χ4n) is 4.04. The number of hydrogen-bond donors (Lipinski definition) is 1. The second-order valence-electron chi connectivity index (χ2n) is 8.72. The SMILES string of the molecule is CC1=CC(C)(C)N(C)c2cc(F)c(/C=C3/C(=O)NC(=O)N(c4ccc(C)cc4)C3=O)cc21. The maximum Gasteiger partial charge on any atom is 0.335 e. The number of hydrogen-bond acceptors (Lipinski definition) is 4. The Kier molecular flexibility index (Phi) is 5.00. The number of barbiturate groups is 1. The molecule has 164 valence electrons. The summed E-state index contributed by atoms with van der Waals surface area (Å²) in [5, 5.41) is 2.17. The molecule has 0 unspecified atom stereocenters. The van der Waals surface area contributed by atoms with Gasteiger partial charge in [0.25, 0.3) is 11.8 Å². The smallest absolute Gasteiger partial charge is 0.335 e. The van der Waals surface area contributed by atoms with Gasteiger partial charge in [0.05, 0.1) is 11.2 Å². The maximum atomic E-state index is 15.1. The van der Waals surface area contributed by atoms with Crippen molar-refractivity contribution >= 4 is 40.9 Å². The molecule has 0 saturated carbocycles. The Morgan fingerprint density at radius 2 is 1.69 bits per heavy atom. The van der Waals surface area contributed by atoms with Crippen molar-refractivity contribution in [1.82, 2.24) is 5.32 Å². The molecule has 2 aromatic rings. The molecule has 1 saturated heterocycles. The summed E-state index contributed by atoms with van der Waals surface area (Å²) in [6, 6.07) is 8.94. The normalized spacial score (nSPS) is 19.1. The lowest BCUT2D eigenvalue weighted by Gasteiger charge is -2.40. The van der Waals surface area contributed by atoms with Crippen molar-refractivity contribution in [3.63, 3.8) is 0 Å². The van der Waals surface area contributed by atoms with E-state index in [-0.39, 0.29) is 16.7 Å². The summed E-state index contributed by atoms with van der Waals surface area (Å²) in [5.74, 6) is -2.22. The van der Waals surface area contributed by atoms with Crippen LogP contribution in [0.5, 0.6) is 0 Å². The molecule has 4 rings (SSSR count). The van der Waals surface area contributed by atoms with Crippen molar-refractivity contribution in [1.29, 1.82) is 0 Å². The van der Waals surface area contributed by atoms with E-state index in [2.05, 4.69) is 11.4 Å². The van der Waals surface area contributed by atoms with E-state index >= 15 is 4.39 Å². The van der Waals surface area contributed by atoms with Gasteiger partial charge in [-0.3, -0.25) is 14.9 Å². The van der Waals surface area contributed by atoms with Gasteiger partial charge in [0.2, 0.25) is 0 Å². The van der Waals surface area contributed by atoms with E-state index in [0.29, 0.717) is 5.69 Å². The van der Waals surface area contributed by atoms with E-state index in [1.807, 2.05) is 39.6 Å². The number of urea groups is 1. The minimum Gasteiger partial charge on any atom is -0.365 e. The van der Waals surface area contributed by atoms with Crippen LogP contribution < -0.4 is 15.1 Å². The third-order valence-corrected chi connectivity index (χ3v) is 6.03. The van der Waals surface area contributed by atoms with Crippen molar-refractivity contribution in [2.75, 3.05) is 16.8 Å². The van der Waals surface area contributed by atoms with E-state index in [1.54, 1.807) is 30.3 Å². The Morgan fingerprint density at radius 1 is 1.03 bits per heavy atom. The van der Waals surface area contributed by atoms with Gasteiger partial charge in [0, 0.05) is 23.9 Å². The summed E-state index contributed by atoms with van der Waals surface area (Å²) in [7, 11) is 1.89. The number of imide groups is 2. The number of amides is 4. The van der Waals surface area contributed by atoms with Gasteiger partial charge in [-0.15, -0.1) is 0 Å². The summed E-state index contributed by atoms with van der Waals surface area (Å²) < 4.78 is 15.1. The fourth-order valence-corrected chi connectivity index (χ4v) is 4.04. The Bertz CT molecular complexity index is 1230. The van der Waals surface area contributed by atoms with Crippen molar-refractivity contribution in [3.05, 3.63) is 70.6 Å². The van der Waals surface area contributed by atoms with Gasteiger partial charge in [-0.2, -0.15) is 0 Å². The third kappa shape index (κ3) is 3.49. The number of rotatable bonds is 2. The first kappa shape index (κ1) is 21.5. The summed E-state index contributed by atoms with van der Waals surface area (Å²) in [4.78, 5) is 40.7. The fraction of sp³-hybridized carbons (Fsp3) is 0.240. The third-order valence-electron chi connectivity index (χ3n) is 6.03. The highest BCUT2D eigenvalue weighted by molar-refractivity contribution is 6.39. The van der Waals surface area contributed by atoms with E-state index in [9.17, 15) is 14.4 Å². The summed E-state index contributed by atoms with van der Waals surface area (Å²) in [5.41, 5.74) is 3.30. The van der Waals surface area contributed by atoms with Crippen LogP contribution in [-0.2, 0) is 9.59 Å². The van der Waals surface area contributed by atoms with E-state index < -0.39 is 23.7 Å². The molecule has 2 heterocycles. The number of carbonyl (C=O) groups is 3. The van der Waals surface area contributed by atoms with Gasteiger partial charge in [0.1, 0.15) is 11.4 Å². The second kappa shape index (κ2) is 7.44. The second-order valence-corrected chi connectivity index (χ2v) is 8.72. The highest BCUT2D eigenvalue weighted by Crippen LogP contribution is 2.39. The van der Waals surface area contributed by atoms with Crippen LogP contribution in [0.4, 0.5) is 20.6 Å². The molecule has 0 aliphatic carbocycles. The van der Waals surface area contributed by atoms with Crippen molar-refractivity contribution < 1.29 is 18.8 Å². The molecule has 0 radical (unpaired) electrons. The molecular formula is C25H24FN3O3. The van der Waals surface area contributed by atoms with Crippen LogP contribution in [-0.4, -0.2) is 30.4 Å². The molecule has 0 atom stereocenters. The summed E-state index contributed by atoms with van der Waals surface area (Å²) >= 11 is 0. The first-order chi connectivity index (χ1) is 15.0. The molecule has 4 amide bonds. The molecule has 1 N–H and O–H groups in total. The van der Waals surface area contributed by atoms with E-state index in [0.717, 1.165) is 27.3 Å². The highest BCUT2D eigenvalue weighted by Gasteiger charge is 2.37. The quantitative estimate of drug-likeness (QED) is 0.562. The van der Waals surface area contributed by atoms with Crippen LogP contribution in [0.25, 0.3) is 11.6 Å². The predicted octanol–water partition coefficient (Wildman–Crippen LogP) is 4.43. The Morgan fingerprint density at radius 3 is 2.34 bits per heavy atom. The number of aryl methyl sites for hydroxylation is 1. The molecule has 2 aliphatic heterocycles. The van der Waals surface area contributed by atoms with E-state index in [4.69, 9.17) is 0 Å². The molecule has 0 bridgehead atoms. The van der Waals surface area contributed by atoms with Crippen LogP contribution in [0.1, 0.15) is 37.5 Å². The molecule has 0 spiro atoms. The maximum absolute atomic E-state index is 15.1. The Balaban J connectivity index is 1.78. The van der Waals surface area contributed by atoms with Crippen LogP contribution in [0.15, 0.2) is 48.0 Å². The largest absolute Gasteiger partial charge is 0.365 e. The lowest BCUT2D eigenvalue weighted by atomic mass is 9.88. The van der Waals surface area contributed by atoms with E-state index in [1.165, 1.54) is 12.1 Å². The van der Waals surface area contributed by atoms with Gasteiger partial charge in [-0.25, -0.2) is 14.1 Å². The van der Waals surface area contributed by atoms with Gasteiger partial charge in [-0.05, 0) is 63.6 Å². The van der Waals surface area contributed by atoms with Gasteiger partial charge >= 0.3 is 6.03 Å². The first-order valence-corrected chi connectivity index (χ1v) is 10.2. The zero-order chi connectivity index (χ0) is 23.4. The van der Waals surface area contributed by atoms with Crippen molar-refractivity contribution in [2.45, 2.75) is 33.2 Å². The predicted molar refractivity (Wildman–Crippen MR) is 123 cm³/mol. The van der Waals surface area contributed by atoms with Crippen LogP contribution in [0.3, 0.4) is 0 Å². The molecule has 6 nitrogen and oxygen atoms in total. The number of benzene rings is 2. The lowest BCUT2D eigenvalue weighted by molar-refractivity contribution is -0.122. The molecule has 2 aromatic carbocycles. The molecule has 32 heavy (non-hydrogen) atoms. The number of nitrogens with one attached hydrogen (secondary N) is 1. The van der Waals surface area contributed by atoms with Crippen LogP contribution in [0, 0.1) is 12.7 Å². The number of fused-ring (bicyclic) bond motifs is 1. The monoisotopic (exact) mass is 433 g/mol. The number of likely N-dealkylation sites (N-methyl/N-ethyl adjacent to an activating group) is 1. The van der Waals surface area contributed by atoms with Crippen LogP contribution in [0.2, 0.25) is 0 Å². The van der Waals surface area contributed by atoms with Crippen molar-refractivity contribution in [3.8, 4) is 0 Å². The summed E-state index contributed by atoms with van der Waals surface area (Å²) in [6.45, 7) is 7.90. The molecule has 0 aromatic heterocycles. The van der Waals surface area contributed by atoms with Crippen LogP contribution >= 0.6 is 0 Å². The molecule has 7 heteroatoms. The summed E-state index contributed by atoms with van der Waals surface area (Å²) in [6.07, 6.45) is 3.29. The van der Waals surface area contributed by atoms with Gasteiger partial charge < -0.3 is 4.90 Å². The minimum atomic E-state index is -0.856. The first-order valence-electron chi connectivity index (χ1n) is 10.2. The van der Waals surface area contributed by atoms with Crippen molar-refractivity contribution in [2.24, 2.45) is 0 Å². The van der Waals surface area contributed by atoms with Gasteiger partial charge in [-0.1, -0.05) is 23.8 Å². The van der Waals surface area contributed by atoms with Gasteiger partial charge in [0.15, 0.2) is 0 Å². The average Bonchev–Trinajstić information content (AvgIpc) is 2.71. The average molecular weight is 433 g/mol. The highest BCUT2D eigenvalue weighted by atomic mass is 19.1. The zero-order valence-electron chi connectivity index (χ0n) is 18.6. The standard InChI is InChI=1S/C25H24FN3O3/c1-14-6-8-17(9-7-14)29-23(31)19(22(30)27-24(29)32)11-16-10-18-15(2)13-25(3,4)28(5)21(18)12-20(16)26/h6-13H,1-5H3,(H,27,30,32)/b19-11-. The number of allylic oxidation sites excluding steroid dienone is 1. The lowest BCUT2D eigenvalue weighted by Crippen LogP contribution is -2.54. The Hall–Kier alpha value is -3.74. The topological polar surface area (TPSA) is 69.7 Å². The molecule has 2 aliphatic rings. The number of anilines is 2. The Labute approximate surface area is 186 Å². The number of nitrogens with zero attached hydrogens (tertiary/aromatic N) is 2. The molecule has 1 fully saturated rings. The zero-order valence-corrected chi connectivity index (χ0v) is 18.6. The number of halogens is 1. The minimum absolute atomic E-state index is 0.0984. The molecular weight excluding hydrogens is 409 g/mol. The number of carbonyl (C=O) groups excluding carboxylic acids is 3.